The van der Waals surface area contributed by atoms with Crippen molar-refractivity contribution in [2.45, 2.75) is 6.92 Å². The summed E-state index contributed by atoms with van der Waals surface area (Å²) in [6.45, 7) is 1.88. The average Bonchev–Trinajstić information content (AvgIpc) is 2.86. The molecule has 1 aromatic heterocycles. The van der Waals surface area contributed by atoms with Crippen LogP contribution in [0, 0.1) is 6.92 Å². The molecule has 4 nitrogen and oxygen atoms in total. The number of carbonyl (C=O) groups excluding carboxylic acids is 2. The second kappa shape index (κ2) is 5.31. The van der Waals surface area contributed by atoms with Gasteiger partial charge >= 0.3 is 0 Å². The van der Waals surface area contributed by atoms with Crippen molar-refractivity contribution in [2.24, 2.45) is 0 Å². The molecule has 0 amide bonds. The van der Waals surface area contributed by atoms with Crippen LogP contribution in [0.5, 0.6) is 5.75 Å². The van der Waals surface area contributed by atoms with Crippen LogP contribution in [0.4, 0.5) is 0 Å². The molecule has 0 saturated heterocycles. The van der Waals surface area contributed by atoms with Crippen molar-refractivity contribution < 1.29 is 14.3 Å². The van der Waals surface area contributed by atoms with Gasteiger partial charge in [0, 0.05) is 6.20 Å². The highest BCUT2D eigenvalue weighted by molar-refractivity contribution is 5.87. The fourth-order valence-corrected chi connectivity index (χ4v) is 1.57. The summed E-state index contributed by atoms with van der Waals surface area (Å²) in [6, 6.07) is 10.7. The number of carbonyl (C=O) groups is 2. The van der Waals surface area contributed by atoms with Crippen LogP contribution in [0.15, 0.2) is 42.6 Å². The molecule has 0 aliphatic carbocycles. The number of hydrogen-bond donors (Lipinski definition) is 0. The van der Waals surface area contributed by atoms with Crippen molar-refractivity contribution in [1.29, 1.82) is 0 Å². The highest BCUT2D eigenvalue weighted by Gasteiger charge is 2.09. The smallest absolute Gasteiger partial charge is 0.269 e. The SMILES string of the molecule is Cc1ccc(OCC(=O)n2cccc2C=O)cc1. The van der Waals surface area contributed by atoms with E-state index in [1.54, 1.807) is 30.5 Å². The van der Waals surface area contributed by atoms with E-state index in [1.807, 2.05) is 19.1 Å². The van der Waals surface area contributed by atoms with Gasteiger partial charge in [-0.15, -0.1) is 0 Å². The van der Waals surface area contributed by atoms with Crippen LogP contribution in [0.2, 0.25) is 0 Å². The summed E-state index contributed by atoms with van der Waals surface area (Å²) in [5.74, 6) is 0.358. The first-order valence-electron chi connectivity index (χ1n) is 5.56. The Labute approximate surface area is 105 Å². The Kier molecular flexibility index (Phi) is 3.57. The van der Waals surface area contributed by atoms with Gasteiger partial charge in [-0.25, -0.2) is 0 Å². The molecule has 0 unspecified atom stereocenters. The van der Waals surface area contributed by atoms with E-state index in [4.69, 9.17) is 4.74 Å². The molecule has 92 valence electrons. The Morgan fingerprint density at radius 1 is 1.28 bits per heavy atom. The molecule has 0 saturated carbocycles. The zero-order valence-corrected chi connectivity index (χ0v) is 10.00. The van der Waals surface area contributed by atoms with Gasteiger partial charge in [0.15, 0.2) is 12.9 Å². The van der Waals surface area contributed by atoms with Gasteiger partial charge in [0.2, 0.25) is 0 Å². The molecular weight excluding hydrogens is 230 g/mol. The Bertz CT molecular complexity index is 555. The van der Waals surface area contributed by atoms with E-state index in [0.29, 0.717) is 17.7 Å². The first-order valence-corrected chi connectivity index (χ1v) is 5.56. The summed E-state index contributed by atoms with van der Waals surface area (Å²) in [6.07, 6.45) is 2.19. The third-order valence-corrected chi connectivity index (χ3v) is 2.55. The van der Waals surface area contributed by atoms with Gasteiger partial charge < -0.3 is 4.74 Å². The largest absolute Gasteiger partial charge is 0.484 e. The summed E-state index contributed by atoms with van der Waals surface area (Å²) in [5, 5.41) is 0. The minimum atomic E-state index is -0.275. The Morgan fingerprint density at radius 3 is 2.67 bits per heavy atom. The van der Waals surface area contributed by atoms with Crippen molar-refractivity contribution in [1.82, 2.24) is 4.57 Å². The molecular formula is C14H13NO3. The normalized spacial score (nSPS) is 10.1. The van der Waals surface area contributed by atoms with Gasteiger partial charge in [-0.2, -0.15) is 0 Å². The van der Waals surface area contributed by atoms with E-state index in [0.717, 1.165) is 5.56 Å². The summed E-state index contributed by atoms with van der Waals surface area (Å²) in [4.78, 5) is 22.5. The summed E-state index contributed by atoms with van der Waals surface area (Å²) in [7, 11) is 0. The summed E-state index contributed by atoms with van der Waals surface area (Å²) >= 11 is 0. The highest BCUT2D eigenvalue weighted by Crippen LogP contribution is 2.11. The quantitative estimate of drug-likeness (QED) is 0.774. The van der Waals surface area contributed by atoms with Crippen molar-refractivity contribution >= 4 is 12.2 Å². The molecule has 18 heavy (non-hydrogen) atoms. The van der Waals surface area contributed by atoms with Crippen LogP contribution in [-0.2, 0) is 0 Å². The van der Waals surface area contributed by atoms with E-state index < -0.39 is 0 Å². The molecule has 0 spiro atoms. The zero-order chi connectivity index (χ0) is 13.0. The number of aromatic nitrogens is 1. The molecule has 0 aliphatic heterocycles. The Morgan fingerprint density at radius 2 is 2.00 bits per heavy atom. The molecule has 0 N–H and O–H groups in total. The molecule has 0 fully saturated rings. The lowest BCUT2D eigenvalue weighted by molar-refractivity contribution is 0.0829. The molecule has 2 aromatic rings. The number of aldehydes is 1. The molecule has 4 heteroatoms. The molecule has 1 heterocycles. The maximum atomic E-state index is 11.8. The second-order valence-electron chi connectivity index (χ2n) is 3.92. The molecule has 0 aliphatic rings. The fourth-order valence-electron chi connectivity index (χ4n) is 1.57. The lowest BCUT2D eigenvalue weighted by Gasteiger charge is -2.07. The van der Waals surface area contributed by atoms with E-state index in [9.17, 15) is 9.59 Å². The second-order valence-corrected chi connectivity index (χ2v) is 3.92. The van der Waals surface area contributed by atoms with Gasteiger partial charge in [-0.1, -0.05) is 17.7 Å². The molecule has 0 radical (unpaired) electrons. The highest BCUT2D eigenvalue weighted by atomic mass is 16.5. The molecule has 2 rings (SSSR count). The summed E-state index contributed by atoms with van der Waals surface area (Å²) in [5.41, 5.74) is 1.45. The number of ether oxygens (including phenoxy) is 1. The van der Waals surface area contributed by atoms with Gasteiger partial charge in [0.05, 0.1) is 5.69 Å². The number of nitrogens with zero attached hydrogens (tertiary/aromatic N) is 1. The van der Waals surface area contributed by atoms with Crippen LogP contribution in [0.1, 0.15) is 20.8 Å². The topological polar surface area (TPSA) is 48.3 Å². The zero-order valence-electron chi connectivity index (χ0n) is 10.00. The fraction of sp³-hybridized carbons (Fsp3) is 0.143. The van der Waals surface area contributed by atoms with Gasteiger partial charge in [0.25, 0.3) is 5.91 Å². The van der Waals surface area contributed by atoms with Crippen molar-refractivity contribution in [3.63, 3.8) is 0 Å². The number of rotatable bonds is 4. The third-order valence-electron chi connectivity index (χ3n) is 2.55. The predicted octanol–water partition coefficient (Wildman–Crippen LogP) is 2.33. The van der Waals surface area contributed by atoms with Gasteiger partial charge in [0.1, 0.15) is 5.75 Å². The lowest BCUT2D eigenvalue weighted by atomic mass is 10.2. The van der Waals surface area contributed by atoms with Crippen LogP contribution in [0.25, 0.3) is 0 Å². The van der Waals surface area contributed by atoms with Crippen LogP contribution in [0.3, 0.4) is 0 Å². The van der Waals surface area contributed by atoms with E-state index in [1.165, 1.54) is 4.57 Å². The monoisotopic (exact) mass is 243 g/mol. The van der Waals surface area contributed by atoms with E-state index in [-0.39, 0.29) is 12.5 Å². The Balaban J connectivity index is 2.00. The molecule has 0 bridgehead atoms. The number of aryl methyl sites for hydroxylation is 1. The third kappa shape index (κ3) is 2.66. The minimum Gasteiger partial charge on any atom is -0.484 e. The standard InChI is InChI=1S/C14H13NO3/c1-11-4-6-13(7-5-11)18-10-14(17)15-8-2-3-12(15)9-16/h2-9H,10H2,1H3. The number of hydrogen-bond acceptors (Lipinski definition) is 3. The average molecular weight is 243 g/mol. The summed E-state index contributed by atoms with van der Waals surface area (Å²) < 4.78 is 6.64. The lowest BCUT2D eigenvalue weighted by Crippen LogP contribution is -2.20. The molecule has 1 aromatic carbocycles. The van der Waals surface area contributed by atoms with E-state index >= 15 is 0 Å². The number of benzene rings is 1. The maximum absolute atomic E-state index is 11.8. The minimum absolute atomic E-state index is 0.0986. The van der Waals surface area contributed by atoms with Crippen molar-refractivity contribution in [2.75, 3.05) is 6.61 Å². The van der Waals surface area contributed by atoms with Crippen LogP contribution in [-0.4, -0.2) is 23.4 Å². The first kappa shape index (κ1) is 12.1. The maximum Gasteiger partial charge on any atom is 0.269 e. The van der Waals surface area contributed by atoms with Crippen molar-refractivity contribution in [3.8, 4) is 5.75 Å². The van der Waals surface area contributed by atoms with E-state index in [2.05, 4.69) is 0 Å². The van der Waals surface area contributed by atoms with Gasteiger partial charge in [-0.3, -0.25) is 14.2 Å². The van der Waals surface area contributed by atoms with Crippen LogP contribution < -0.4 is 4.74 Å². The predicted molar refractivity (Wildman–Crippen MR) is 67.1 cm³/mol. The van der Waals surface area contributed by atoms with Crippen molar-refractivity contribution in [3.05, 3.63) is 53.9 Å². The molecule has 0 atom stereocenters. The van der Waals surface area contributed by atoms with Crippen LogP contribution >= 0.6 is 0 Å². The first-order chi connectivity index (χ1) is 8.70. The van der Waals surface area contributed by atoms with Gasteiger partial charge in [-0.05, 0) is 31.2 Å². The Hall–Kier alpha value is -2.36.